The standard InChI is InChI=1S/C24H20Cl3F8NOS/c1-12(10-38-11-23(30,31)32)36-21(37)15-5-3-13(7-17(15)24(33,34)35)4-6-16(22(2,28)29)14-8-18(25)20(27)19(26)9-14/h3-9,12,16H,10-11H2,1-2H3,(H,36,37)/b6-4+. The molecule has 0 spiro atoms. The fraction of sp³-hybridized carbons (Fsp3) is 0.375. The molecule has 0 saturated carbocycles. The van der Waals surface area contributed by atoms with Crippen molar-refractivity contribution in [2.45, 2.75) is 44.1 Å². The monoisotopic (exact) mass is 627 g/mol. The Labute approximate surface area is 232 Å². The predicted molar refractivity (Wildman–Crippen MR) is 136 cm³/mol. The third-order valence-corrected chi connectivity index (χ3v) is 7.46. The lowest BCUT2D eigenvalue weighted by Crippen LogP contribution is -2.35. The molecule has 0 heterocycles. The third kappa shape index (κ3) is 9.50. The summed E-state index contributed by atoms with van der Waals surface area (Å²) in [5, 5.41) is 2.02. The number of carbonyl (C=O) groups excluding carboxylic acids is 1. The van der Waals surface area contributed by atoms with E-state index in [1.54, 1.807) is 0 Å². The lowest BCUT2D eigenvalue weighted by atomic mass is 9.92. The highest BCUT2D eigenvalue weighted by Gasteiger charge is 2.37. The first-order valence-corrected chi connectivity index (χ1v) is 13.0. The number of carbonyl (C=O) groups is 1. The topological polar surface area (TPSA) is 29.1 Å². The summed E-state index contributed by atoms with van der Waals surface area (Å²) >= 11 is 18.2. The minimum Gasteiger partial charge on any atom is -0.349 e. The Bertz CT molecular complexity index is 1160. The van der Waals surface area contributed by atoms with Gasteiger partial charge in [0.05, 0.1) is 37.9 Å². The number of nitrogens with one attached hydrogen (secondary N) is 1. The van der Waals surface area contributed by atoms with Crippen LogP contribution in [0.3, 0.4) is 0 Å². The summed E-state index contributed by atoms with van der Waals surface area (Å²) in [6.07, 6.45) is -7.40. The molecule has 0 fully saturated rings. The SMILES string of the molecule is CC(CSCC(F)(F)F)NC(=O)c1ccc(/C=C/C(c2cc(Cl)c(Cl)c(Cl)c2)C(C)(F)F)cc1C(F)(F)F. The molecule has 0 aromatic heterocycles. The normalized spacial score (nSPS) is 14.6. The molecule has 2 unspecified atom stereocenters. The van der Waals surface area contributed by atoms with Crippen LogP contribution in [0.25, 0.3) is 6.08 Å². The molecule has 14 heteroatoms. The van der Waals surface area contributed by atoms with Crippen LogP contribution >= 0.6 is 46.6 Å². The van der Waals surface area contributed by atoms with E-state index >= 15 is 0 Å². The van der Waals surface area contributed by atoms with Gasteiger partial charge in [0.15, 0.2) is 0 Å². The first-order valence-electron chi connectivity index (χ1n) is 10.7. The van der Waals surface area contributed by atoms with E-state index in [4.69, 9.17) is 34.8 Å². The van der Waals surface area contributed by atoms with Crippen molar-refractivity contribution in [3.05, 3.63) is 73.7 Å². The maximum absolute atomic E-state index is 14.4. The number of hydrogen-bond acceptors (Lipinski definition) is 2. The van der Waals surface area contributed by atoms with Crippen molar-refractivity contribution in [1.82, 2.24) is 5.32 Å². The van der Waals surface area contributed by atoms with E-state index in [0.29, 0.717) is 24.8 Å². The van der Waals surface area contributed by atoms with Crippen LogP contribution in [0, 0.1) is 0 Å². The minimum atomic E-state index is -4.99. The Kier molecular flexibility index (Phi) is 10.8. The number of alkyl halides is 8. The largest absolute Gasteiger partial charge is 0.417 e. The van der Waals surface area contributed by atoms with Crippen molar-refractivity contribution < 1.29 is 39.9 Å². The van der Waals surface area contributed by atoms with Gasteiger partial charge in [0.2, 0.25) is 0 Å². The quantitative estimate of drug-likeness (QED) is 0.221. The van der Waals surface area contributed by atoms with Crippen molar-refractivity contribution in [3.8, 4) is 0 Å². The number of halogens is 11. The van der Waals surface area contributed by atoms with Gasteiger partial charge in [0.1, 0.15) is 0 Å². The summed E-state index contributed by atoms with van der Waals surface area (Å²) in [5.74, 6) is -7.50. The second-order valence-electron chi connectivity index (χ2n) is 8.40. The highest BCUT2D eigenvalue weighted by atomic mass is 35.5. The summed E-state index contributed by atoms with van der Waals surface area (Å²) in [6, 6.07) is 4.08. The zero-order valence-electron chi connectivity index (χ0n) is 19.6. The molecular weight excluding hydrogens is 609 g/mol. The van der Waals surface area contributed by atoms with Gasteiger partial charge in [-0.3, -0.25) is 4.79 Å². The molecule has 0 radical (unpaired) electrons. The van der Waals surface area contributed by atoms with Gasteiger partial charge < -0.3 is 5.32 Å². The second kappa shape index (κ2) is 12.7. The highest BCUT2D eigenvalue weighted by Crippen LogP contribution is 2.40. The van der Waals surface area contributed by atoms with Crippen LogP contribution in [0.1, 0.15) is 46.8 Å². The lowest BCUT2D eigenvalue weighted by molar-refractivity contribution is -0.138. The van der Waals surface area contributed by atoms with Crippen LogP contribution in [-0.4, -0.2) is 35.6 Å². The van der Waals surface area contributed by atoms with Crippen molar-refractivity contribution in [1.29, 1.82) is 0 Å². The summed E-state index contributed by atoms with van der Waals surface area (Å²) in [5.41, 5.74) is -2.28. The summed E-state index contributed by atoms with van der Waals surface area (Å²) < 4.78 is 107. The van der Waals surface area contributed by atoms with Gasteiger partial charge >= 0.3 is 12.4 Å². The fourth-order valence-electron chi connectivity index (χ4n) is 3.33. The van der Waals surface area contributed by atoms with Crippen molar-refractivity contribution >= 4 is 58.5 Å². The van der Waals surface area contributed by atoms with E-state index in [1.807, 2.05) is 0 Å². The summed E-state index contributed by atoms with van der Waals surface area (Å²) in [6.45, 7) is 1.97. The number of benzene rings is 2. The predicted octanol–water partition coefficient (Wildman–Crippen LogP) is 9.53. The maximum Gasteiger partial charge on any atom is 0.417 e. The second-order valence-corrected chi connectivity index (χ2v) is 10.6. The average Bonchev–Trinajstić information content (AvgIpc) is 2.74. The van der Waals surface area contributed by atoms with Crippen LogP contribution in [-0.2, 0) is 6.18 Å². The molecule has 0 aliphatic rings. The van der Waals surface area contributed by atoms with Gasteiger partial charge in [-0.25, -0.2) is 8.78 Å². The Morgan fingerprint density at radius 3 is 2.08 bits per heavy atom. The first-order chi connectivity index (χ1) is 17.3. The molecule has 0 bridgehead atoms. The molecule has 0 saturated heterocycles. The van der Waals surface area contributed by atoms with Crippen LogP contribution < -0.4 is 5.32 Å². The number of rotatable bonds is 9. The minimum absolute atomic E-state index is 0.0300. The van der Waals surface area contributed by atoms with Crippen LogP contribution in [0.4, 0.5) is 35.1 Å². The van der Waals surface area contributed by atoms with Gasteiger partial charge in [-0.2, -0.15) is 38.1 Å². The first kappa shape index (κ1) is 32.5. The van der Waals surface area contributed by atoms with Crippen molar-refractivity contribution in [3.63, 3.8) is 0 Å². The Balaban J connectivity index is 2.34. The van der Waals surface area contributed by atoms with E-state index in [2.05, 4.69) is 5.32 Å². The summed E-state index contributed by atoms with van der Waals surface area (Å²) in [4.78, 5) is 12.5. The zero-order chi connectivity index (χ0) is 29.1. The lowest BCUT2D eigenvalue weighted by Gasteiger charge is -2.22. The van der Waals surface area contributed by atoms with E-state index in [9.17, 15) is 39.9 Å². The maximum atomic E-state index is 14.4. The molecule has 2 aromatic rings. The molecule has 38 heavy (non-hydrogen) atoms. The van der Waals surface area contributed by atoms with Crippen LogP contribution in [0.15, 0.2) is 36.4 Å². The molecule has 2 atom stereocenters. The van der Waals surface area contributed by atoms with Crippen LogP contribution in [0.2, 0.25) is 15.1 Å². The number of allylic oxidation sites excluding steroid dienone is 1. The molecule has 0 aliphatic carbocycles. The Morgan fingerprint density at radius 2 is 1.58 bits per heavy atom. The zero-order valence-corrected chi connectivity index (χ0v) is 22.7. The number of amides is 1. The van der Waals surface area contributed by atoms with E-state index in [-0.39, 0.29) is 31.9 Å². The molecular formula is C24H20Cl3F8NOS. The fourth-order valence-corrected chi connectivity index (χ4v) is 4.73. The molecule has 2 nitrogen and oxygen atoms in total. The molecule has 2 aromatic carbocycles. The average molecular weight is 629 g/mol. The van der Waals surface area contributed by atoms with E-state index in [0.717, 1.165) is 24.3 Å². The van der Waals surface area contributed by atoms with Crippen molar-refractivity contribution in [2.75, 3.05) is 11.5 Å². The Hall–Kier alpha value is -1.69. The molecule has 2 rings (SSSR count). The molecule has 1 N–H and O–H groups in total. The van der Waals surface area contributed by atoms with Gasteiger partial charge in [-0.1, -0.05) is 53.0 Å². The van der Waals surface area contributed by atoms with Gasteiger partial charge in [-0.15, -0.1) is 0 Å². The van der Waals surface area contributed by atoms with Crippen LogP contribution in [0.5, 0.6) is 0 Å². The van der Waals surface area contributed by atoms with Gasteiger partial charge in [0.25, 0.3) is 11.8 Å². The number of hydrogen-bond donors (Lipinski definition) is 1. The third-order valence-electron chi connectivity index (χ3n) is 5.00. The van der Waals surface area contributed by atoms with Gasteiger partial charge in [0, 0.05) is 18.7 Å². The van der Waals surface area contributed by atoms with Gasteiger partial charge in [-0.05, 0) is 42.3 Å². The van der Waals surface area contributed by atoms with E-state index in [1.165, 1.54) is 19.1 Å². The summed E-state index contributed by atoms with van der Waals surface area (Å²) in [7, 11) is 0. The van der Waals surface area contributed by atoms with Crippen molar-refractivity contribution in [2.24, 2.45) is 0 Å². The highest BCUT2D eigenvalue weighted by molar-refractivity contribution is 7.99. The molecule has 1 amide bonds. The number of thioether (sulfide) groups is 1. The van der Waals surface area contributed by atoms with E-state index < -0.39 is 53.0 Å². The molecule has 0 aliphatic heterocycles. The smallest absolute Gasteiger partial charge is 0.349 e. The Morgan fingerprint density at radius 1 is 1.00 bits per heavy atom. The molecule has 210 valence electrons.